The topological polar surface area (TPSA) is 63.2 Å². The molecule has 5 nitrogen and oxygen atoms in total. The van der Waals surface area contributed by atoms with Gasteiger partial charge in [-0.2, -0.15) is 0 Å². The lowest BCUT2D eigenvalue weighted by atomic mass is 10.1. The Labute approximate surface area is 136 Å². The van der Waals surface area contributed by atoms with Crippen molar-refractivity contribution >= 4 is 11.6 Å². The van der Waals surface area contributed by atoms with Crippen LogP contribution in [0.3, 0.4) is 0 Å². The summed E-state index contributed by atoms with van der Waals surface area (Å²) in [6, 6.07) is 9.75. The number of nitrogens with one attached hydrogen (secondary N) is 2. The number of aromatic nitrogens is 1. The summed E-state index contributed by atoms with van der Waals surface area (Å²) in [4.78, 5) is 16.0. The Bertz CT molecular complexity index is 671. The highest BCUT2D eigenvalue weighted by atomic mass is 16.5. The molecule has 2 rings (SSSR count). The molecule has 0 spiro atoms. The molecular weight excluding hydrogens is 290 g/mol. The maximum absolute atomic E-state index is 11.9. The van der Waals surface area contributed by atoms with Gasteiger partial charge >= 0.3 is 0 Å². The van der Waals surface area contributed by atoms with Crippen LogP contribution >= 0.6 is 0 Å². The van der Waals surface area contributed by atoms with Crippen LogP contribution in [0.15, 0.2) is 55.4 Å². The number of nitrogens with zero attached hydrogens (tertiary/aromatic N) is 1. The minimum absolute atomic E-state index is 0.158. The average molecular weight is 311 g/mol. The summed E-state index contributed by atoms with van der Waals surface area (Å²) >= 11 is 0. The van der Waals surface area contributed by atoms with Gasteiger partial charge in [-0.3, -0.25) is 9.78 Å². The largest absolute Gasteiger partial charge is 0.497 e. The highest BCUT2D eigenvalue weighted by Crippen LogP contribution is 2.13. The van der Waals surface area contributed by atoms with Gasteiger partial charge in [0.2, 0.25) is 0 Å². The zero-order valence-corrected chi connectivity index (χ0v) is 13.2. The van der Waals surface area contributed by atoms with E-state index in [0.717, 1.165) is 24.4 Å². The Balaban J connectivity index is 1.90. The van der Waals surface area contributed by atoms with Gasteiger partial charge in [-0.1, -0.05) is 18.2 Å². The lowest BCUT2D eigenvalue weighted by molar-refractivity contribution is 0.0957. The number of anilines is 1. The second-order valence-electron chi connectivity index (χ2n) is 4.99. The molecule has 0 bridgehead atoms. The maximum Gasteiger partial charge on any atom is 0.253 e. The molecule has 120 valence electrons. The number of rotatable bonds is 8. The quantitative estimate of drug-likeness (QED) is 0.736. The van der Waals surface area contributed by atoms with Gasteiger partial charge < -0.3 is 15.4 Å². The molecule has 2 N–H and O–H groups in total. The van der Waals surface area contributed by atoms with Gasteiger partial charge in [0.15, 0.2) is 0 Å². The molecule has 5 heteroatoms. The van der Waals surface area contributed by atoms with Gasteiger partial charge in [-0.15, -0.1) is 6.58 Å². The summed E-state index contributed by atoms with van der Waals surface area (Å²) in [5.74, 6) is 0.693. The Morgan fingerprint density at radius 3 is 3.00 bits per heavy atom. The fourth-order valence-corrected chi connectivity index (χ4v) is 2.11. The van der Waals surface area contributed by atoms with E-state index >= 15 is 0 Å². The van der Waals surface area contributed by atoms with Crippen LogP contribution in [-0.2, 0) is 6.42 Å². The highest BCUT2D eigenvalue weighted by Gasteiger charge is 2.05. The molecule has 23 heavy (non-hydrogen) atoms. The van der Waals surface area contributed by atoms with E-state index in [-0.39, 0.29) is 5.91 Å². The van der Waals surface area contributed by atoms with Crippen molar-refractivity contribution in [3.05, 3.63) is 66.5 Å². The number of pyridine rings is 1. The predicted octanol–water partition coefficient (Wildman–Crippen LogP) is 2.66. The molecule has 0 unspecified atom stereocenters. The van der Waals surface area contributed by atoms with Gasteiger partial charge in [-0.25, -0.2) is 0 Å². The normalized spacial score (nSPS) is 9.96. The second kappa shape index (κ2) is 8.58. The first-order valence-electron chi connectivity index (χ1n) is 7.44. The van der Waals surface area contributed by atoms with E-state index in [4.69, 9.17) is 4.74 Å². The number of carbonyl (C=O) groups is 1. The van der Waals surface area contributed by atoms with Crippen molar-refractivity contribution in [3.63, 3.8) is 0 Å². The molecule has 1 amide bonds. The van der Waals surface area contributed by atoms with E-state index in [0.29, 0.717) is 12.1 Å². The summed E-state index contributed by atoms with van der Waals surface area (Å²) in [5.41, 5.74) is 2.53. The fourth-order valence-electron chi connectivity index (χ4n) is 2.11. The van der Waals surface area contributed by atoms with Crippen LogP contribution in [0.1, 0.15) is 15.9 Å². The van der Waals surface area contributed by atoms with Gasteiger partial charge in [0, 0.05) is 25.5 Å². The molecule has 1 aromatic carbocycles. The maximum atomic E-state index is 11.9. The zero-order chi connectivity index (χ0) is 16.5. The van der Waals surface area contributed by atoms with Crippen LogP contribution in [0.2, 0.25) is 0 Å². The average Bonchev–Trinajstić information content (AvgIpc) is 2.60. The minimum Gasteiger partial charge on any atom is -0.497 e. The summed E-state index contributed by atoms with van der Waals surface area (Å²) in [7, 11) is 1.66. The molecule has 0 aliphatic heterocycles. The van der Waals surface area contributed by atoms with Gasteiger partial charge in [-0.05, 0) is 30.2 Å². The third-order valence-corrected chi connectivity index (χ3v) is 3.28. The third-order valence-electron chi connectivity index (χ3n) is 3.28. The summed E-state index contributed by atoms with van der Waals surface area (Å²) in [5, 5.41) is 6.01. The van der Waals surface area contributed by atoms with Crippen molar-refractivity contribution in [3.8, 4) is 5.75 Å². The Morgan fingerprint density at radius 2 is 2.22 bits per heavy atom. The van der Waals surface area contributed by atoms with Crippen molar-refractivity contribution in [2.75, 3.05) is 25.5 Å². The predicted molar refractivity (Wildman–Crippen MR) is 92.0 cm³/mol. The zero-order valence-electron chi connectivity index (χ0n) is 13.2. The molecular formula is C18H21N3O2. The van der Waals surface area contributed by atoms with E-state index in [9.17, 15) is 4.79 Å². The Morgan fingerprint density at radius 1 is 1.35 bits per heavy atom. The van der Waals surface area contributed by atoms with Crippen LogP contribution in [-0.4, -0.2) is 31.1 Å². The van der Waals surface area contributed by atoms with Crippen LogP contribution in [0.5, 0.6) is 5.75 Å². The van der Waals surface area contributed by atoms with Gasteiger partial charge in [0.05, 0.1) is 18.4 Å². The summed E-state index contributed by atoms with van der Waals surface area (Å²) in [6.45, 7) is 4.75. The number of ether oxygens (including phenoxy) is 1. The molecule has 1 aromatic heterocycles. The van der Waals surface area contributed by atoms with E-state index in [1.54, 1.807) is 31.6 Å². The van der Waals surface area contributed by atoms with Crippen LogP contribution in [0.25, 0.3) is 0 Å². The van der Waals surface area contributed by atoms with E-state index in [1.807, 2.05) is 18.2 Å². The number of carbonyl (C=O) groups excluding carboxylic acids is 1. The molecule has 0 fully saturated rings. The SMILES string of the molecule is C=CCNC(=O)c1cncc(NCCc2cccc(OC)c2)c1. The lowest BCUT2D eigenvalue weighted by Crippen LogP contribution is -2.23. The third kappa shape index (κ3) is 5.14. The van der Waals surface area contributed by atoms with Crippen LogP contribution < -0.4 is 15.4 Å². The Hall–Kier alpha value is -2.82. The first-order chi connectivity index (χ1) is 11.2. The lowest BCUT2D eigenvalue weighted by Gasteiger charge is -2.09. The van der Waals surface area contributed by atoms with E-state index < -0.39 is 0 Å². The highest BCUT2D eigenvalue weighted by molar-refractivity contribution is 5.94. The van der Waals surface area contributed by atoms with Crippen LogP contribution in [0.4, 0.5) is 5.69 Å². The first kappa shape index (κ1) is 16.5. The fraction of sp³-hybridized carbons (Fsp3) is 0.222. The molecule has 0 aliphatic carbocycles. The standard InChI is InChI=1S/C18H21N3O2/c1-3-8-21-18(22)15-11-16(13-19-12-15)20-9-7-14-5-4-6-17(10-14)23-2/h3-6,10-13,20H,1,7-9H2,2H3,(H,21,22). The van der Waals surface area contributed by atoms with Crippen molar-refractivity contribution < 1.29 is 9.53 Å². The summed E-state index contributed by atoms with van der Waals surface area (Å²) < 4.78 is 5.21. The smallest absolute Gasteiger partial charge is 0.253 e. The Kier molecular flexibility index (Phi) is 6.17. The van der Waals surface area contributed by atoms with Crippen molar-refractivity contribution in [1.82, 2.24) is 10.3 Å². The molecule has 0 atom stereocenters. The number of methoxy groups -OCH3 is 1. The van der Waals surface area contributed by atoms with Crippen molar-refractivity contribution in [2.45, 2.75) is 6.42 Å². The van der Waals surface area contributed by atoms with Gasteiger partial charge in [0.25, 0.3) is 5.91 Å². The van der Waals surface area contributed by atoms with Crippen molar-refractivity contribution in [1.29, 1.82) is 0 Å². The first-order valence-corrected chi connectivity index (χ1v) is 7.44. The van der Waals surface area contributed by atoms with Crippen molar-refractivity contribution in [2.24, 2.45) is 0 Å². The molecule has 1 heterocycles. The summed E-state index contributed by atoms with van der Waals surface area (Å²) in [6.07, 6.45) is 5.74. The molecule has 2 aromatic rings. The minimum atomic E-state index is -0.158. The number of benzene rings is 1. The van der Waals surface area contributed by atoms with Gasteiger partial charge in [0.1, 0.15) is 5.75 Å². The molecule has 0 saturated heterocycles. The number of hydrogen-bond donors (Lipinski definition) is 2. The number of hydrogen-bond acceptors (Lipinski definition) is 4. The molecule has 0 radical (unpaired) electrons. The number of amides is 1. The van der Waals surface area contributed by atoms with E-state index in [2.05, 4.69) is 28.3 Å². The molecule has 0 aliphatic rings. The molecule has 0 saturated carbocycles. The second-order valence-corrected chi connectivity index (χ2v) is 4.99. The van der Waals surface area contributed by atoms with Crippen LogP contribution in [0, 0.1) is 0 Å². The van der Waals surface area contributed by atoms with E-state index in [1.165, 1.54) is 5.56 Å². The monoisotopic (exact) mass is 311 g/mol.